The summed E-state index contributed by atoms with van der Waals surface area (Å²) in [6.45, 7) is 15.7. The lowest BCUT2D eigenvalue weighted by atomic mass is 9.80. The molecule has 0 radical (unpaired) electrons. The predicted molar refractivity (Wildman–Crippen MR) is 136 cm³/mol. The van der Waals surface area contributed by atoms with Crippen LogP contribution in [0.15, 0.2) is 0 Å². The fourth-order valence-corrected chi connectivity index (χ4v) is 4.97. The largest absolute Gasteiger partial charge is 0.370 e. The Labute approximate surface area is 210 Å². The molecule has 1 saturated carbocycles. The zero-order chi connectivity index (χ0) is 26.7. The van der Waals surface area contributed by atoms with Gasteiger partial charge in [0.2, 0.25) is 17.7 Å². The molecule has 5 amide bonds. The van der Waals surface area contributed by atoms with Crippen molar-refractivity contribution in [3.8, 4) is 0 Å². The van der Waals surface area contributed by atoms with Gasteiger partial charge in [0.05, 0.1) is 0 Å². The first-order valence-corrected chi connectivity index (χ1v) is 13.0. The summed E-state index contributed by atoms with van der Waals surface area (Å²) in [4.78, 5) is 53.3. The van der Waals surface area contributed by atoms with Gasteiger partial charge in [0.15, 0.2) is 0 Å². The first-order chi connectivity index (χ1) is 16.0. The van der Waals surface area contributed by atoms with E-state index in [4.69, 9.17) is 5.73 Å². The highest BCUT2D eigenvalue weighted by Gasteiger charge is 2.48. The smallest absolute Gasteiger partial charge is 0.315 e. The summed E-state index contributed by atoms with van der Waals surface area (Å²) in [5, 5.41) is 8.74. The quantitative estimate of drug-likeness (QED) is 0.413. The summed E-state index contributed by atoms with van der Waals surface area (Å²) in [7, 11) is 0. The van der Waals surface area contributed by atoms with Crippen LogP contribution in [0, 0.1) is 23.2 Å². The number of amides is 5. The van der Waals surface area contributed by atoms with E-state index in [1.165, 1.54) is 6.42 Å². The minimum atomic E-state index is -0.811. The van der Waals surface area contributed by atoms with Gasteiger partial charge >= 0.3 is 6.03 Å². The molecule has 1 aliphatic carbocycles. The van der Waals surface area contributed by atoms with Crippen molar-refractivity contribution in [3.63, 3.8) is 0 Å². The highest BCUT2D eigenvalue weighted by Crippen LogP contribution is 2.34. The number of hydrogen-bond donors (Lipinski definition) is 4. The molecule has 2 fully saturated rings. The first-order valence-electron chi connectivity index (χ1n) is 13.0. The summed E-state index contributed by atoms with van der Waals surface area (Å²) >= 11 is 0. The molecule has 1 unspecified atom stereocenters. The molecular weight excluding hydrogens is 446 g/mol. The molecule has 5 N–H and O–H groups in total. The van der Waals surface area contributed by atoms with Gasteiger partial charge < -0.3 is 26.6 Å². The van der Waals surface area contributed by atoms with Crippen molar-refractivity contribution in [1.82, 2.24) is 20.9 Å². The van der Waals surface area contributed by atoms with Gasteiger partial charge in [-0.2, -0.15) is 0 Å². The van der Waals surface area contributed by atoms with Crippen LogP contribution in [0.5, 0.6) is 0 Å². The van der Waals surface area contributed by atoms with Crippen LogP contribution in [-0.2, 0) is 14.4 Å². The number of carbonyl (C=O) groups excluding carboxylic acids is 4. The van der Waals surface area contributed by atoms with Gasteiger partial charge in [-0.1, -0.05) is 53.9 Å². The Hall–Kier alpha value is -2.32. The van der Waals surface area contributed by atoms with Crippen molar-refractivity contribution in [1.29, 1.82) is 0 Å². The van der Waals surface area contributed by atoms with E-state index in [-0.39, 0.29) is 36.1 Å². The lowest BCUT2D eigenvalue weighted by Crippen LogP contribution is -2.61. The van der Waals surface area contributed by atoms with Gasteiger partial charge in [-0.25, -0.2) is 4.79 Å². The number of nitrogens with two attached hydrogens (primary N) is 1. The third-order valence-corrected chi connectivity index (χ3v) is 7.28. The second-order valence-electron chi connectivity index (χ2n) is 12.8. The van der Waals surface area contributed by atoms with E-state index in [0.717, 1.165) is 19.3 Å². The second-order valence-corrected chi connectivity index (χ2v) is 12.8. The van der Waals surface area contributed by atoms with Crippen molar-refractivity contribution < 1.29 is 19.2 Å². The van der Waals surface area contributed by atoms with Gasteiger partial charge in [-0.3, -0.25) is 14.4 Å². The van der Waals surface area contributed by atoms with Gasteiger partial charge in [-0.15, -0.1) is 0 Å². The fraction of sp³-hybridized carbons (Fsp3) is 0.846. The molecule has 9 nitrogen and oxygen atoms in total. The number of carbonyl (C=O) groups is 4. The van der Waals surface area contributed by atoms with Crippen molar-refractivity contribution in [3.05, 3.63) is 0 Å². The molecule has 0 spiro atoms. The SMILES string of the molecule is C[C@@H]1[C@@H](C(=O)NC(CC(N)=O)CC2CCC2)N(C(=O)[C@@H](NC(=O)NC(C)(C)C)C(C)(C)C)C[C@@H]1C. The lowest BCUT2D eigenvalue weighted by molar-refractivity contribution is -0.143. The van der Waals surface area contributed by atoms with Gasteiger partial charge in [0, 0.05) is 24.5 Å². The Bertz CT molecular complexity index is 797. The lowest BCUT2D eigenvalue weighted by Gasteiger charge is -2.37. The van der Waals surface area contributed by atoms with Crippen LogP contribution in [0.4, 0.5) is 4.79 Å². The zero-order valence-electron chi connectivity index (χ0n) is 22.9. The van der Waals surface area contributed by atoms with Crippen LogP contribution in [0.1, 0.15) is 87.5 Å². The maximum atomic E-state index is 13.8. The molecule has 1 aliphatic heterocycles. The first kappa shape index (κ1) is 28.9. The van der Waals surface area contributed by atoms with Gasteiger partial charge in [0.25, 0.3) is 0 Å². The zero-order valence-corrected chi connectivity index (χ0v) is 22.9. The minimum Gasteiger partial charge on any atom is -0.370 e. The van der Waals surface area contributed by atoms with Gasteiger partial charge in [0.1, 0.15) is 12.1 Å². The number of likely N-dealkylation sites (tertiary alicyclic amines) is 1. The fourth-order valence-electron chi connectivity index (χ4n) is 4.97. The van der Waals surface area contributed by atoms with Crippen LogP contribution in [0.2, 0.25) is 0 Å². The Morgan fingerprint density at radius 1 is 1.00 bits per heavy atom. The molecule has 0 aromatic rings. The summed E-state index contributed by atoms with van der Waals surface area (Å²) < 4.78 is 0. The van der Waals surface area contributed by atoms with Crippen LogP contribution < -0.4 is 21.7 Å². The standard InChI is InChI=1S/C26H47N5O4/c1-15-14-31(23(34)21(25(3,4)5)29-24(35)30-26(6,7)8)20(16(15)2)22(33)28-18(13-19(27)32)12-17-10-9-11-17/h15-18,20-21H,9-14H2,1-8H3,(H2,27,32)(H,28,33)(H2,29,30,35)/t15-,16-,18?,20-,21+/m0/s1. The Kier molecular flexibility index (Phi) is 9.22. The molecule has 9 heteroatoms. The summed E-state index contributed by atoms with van der Waals surface area (Å²) in [5.74, 6) is -0.442. The Morgan fingerprint density at radius 2 is 1.60 bits per heavy atom. The monoisotopic (exact) mass is 493 g/mol. The minimum absolute atomic E-state index is 0.0686. The number of nitrogens with zero attached hydrogens (tertiary/aromatic N) is 1. The number of rotatable bonds is 8. The molecule has 1 heterocycles. The number of hydrogen-bond acceptors (Lipinski definition) is 4. The molecular formula is C26H47N5O4. The average molecular weight is 494 g/mol. The predicted octanol–water partition coefficient (Wildman–Crippen LogP) is 2.53. The van der Waals surface area contributed by atoms with Crippen molar-refractivity contribution in [2.75, 3.05) is 6.54 Å². The normalized spacial score (nSPS) is 24.8. The van der Waals surface area contributed by atoms with Crippen LogP contribution >= 0.6 is 0 Å². The van der Waals surface area contributed by atoms with Crippen LogP contribution in [0.3, 0.4) is 0 Å². The topological polar surface area (TPSA) is 134 Å². The number of nitrogens with one attached hydrogen (secondary N) is 3. The molecule has 35 heavy (non-hydrogen) atoms. The molecule has 200 valence electrons. The Balaban J connectivity index is 2.23. The molecule has 2 rings (SSSR count). The average Bonchev–Trinajstić information content (AvgIpc) is 2.94. The van der Waals surface area contributed by atoms with E-state index in [1.54, 1.807) is 4.90 Å². The van der Waals surface area contributed by atoms with Crippen LogP contribution in [0.25, 0.3) is 0 Å². The highest BCUT2D eigenvalue weighted by molar-refractivity contribution is 5.93. The van der Waals surface area contributed by atoms with E-state index in [1.807, 2.05) is 55.4 Å². The maximum Gasteiger partial charge on any atom is 0.315 e. The van der Waals surface area contributed by atoms with E-state index in [2.05, 4.69) is 16.0 Å². The number of primary amides is 1. The molecule has 0 aromatic heterocycles. The highest BCUT2D eigenvalue weighted by atomic mass is 16.2. The van der Waals surface area contributed by atoms with Crippen LogP contribution in [-0.4, -0.2) is 58.9 Å². The molecule has 0 bridgehead atoms. The Morgan fingerprint density at radius 3 is 2.06 bits per heavy atom. The second kappa shape index (κ2) is 11.2. The van der Waals surface area contributed by atoms with E-state index < -0.39 is 35.0 Å². The van der Waals surface area contributed by atoms with Gasteiger partial charge in [-0.05, 0) is 50.4 Å². The third-order valence-electron chi connectivity index (χ3n) is 7.28. The van der Waals surface area contributed by atoms with E-state index in [9.17, 15) is 19.2 Å². The molecule has 2 aliphatic rings. The van der Waals surface area contributed by atoms with Crippen molar-refractivity contribution in [2.45, 2.75) is 111 Å². The van der Waals surface area contributed by atoms with E-state index in [0.29, 0.717) is 12.5 Å². The summed E-state index contributed by atoms with van der Waals surface area (Å²) in [5.41, 5.74) is 4.44. The van der Waals surface area contributed by atoms with Crippen molar-refractivity contribution >= 4 is 23.8 Å². The number of urea groups is 1. The summed E-state index contributed by atoms with van der Waals surface area (Å²) in [6.07, 6.45) is 4.18. The third kappa shape index (κ3) is 8.10. The summed E-state index contributed by atoms with van der Waals surface area (Å²) in [6, 6.07) is -2.24. The molecule has 1 saturated heterocycles. The van der Waals surface area contributed by atoms with E-state index >= 15 is 0 Å². The molecule has 5 atom stereocenters. The van der Waals surface area contributed by atoms with Crippen molar-refractivity contribution in [2.24, 2.45) is 28.9 Å². The molecule has 0 aromatic carbocycles. The maximum absolute atomic E-state index is 13.8.